The van der Waals surface area contributed by atoms with Crippen molar-refractivity contribution in [1.82, 2.24) is 9.88 Å². The Kier molecular flexibility index (Phi) is 3.71. The number of hydrogen-bond acceptors (Lipinski definition) is 3. The molecule has 0 atom stereocenters. The van der Waals surface area contributed by atoms with Gasteiger partial charge in [-0.25, -0.2) is 4.98 Å². The summed E-state index contributed by atoms with van der Waals surface area (Å²) in [6, 6.07) is 11.4. The molecule has 0 saturated carbocycles. The van der Waals surface area contributed by atoms with Gasteiger partial charge in [-0.2, -0.15) is 0 Å². The van der Waals surface area contributed by atoms with Gasteiger partial charge in [0.25, 0.3) is 5.91 Å². The summed E-state index contributed by atoms with van der Waals surface area (Å²) < 4.78 is 0. The van der Waals surface area contributed by atoms with Crippen LogP contribution in [-0.4, -0.2) is 34.9 Å². The summed E-state index contributed by atoms with van der Waals surface area (Å²) in [4.78, 5) is 21.5. The van der Waals surface area contributed by atoms with Gasteiger partial charge in [0.1, 0.15) is 5.69 Å². The lowest BCUT2D eigenvalue weighted by molar-refractivity contribution is 0.0709. The molecule has 0 unspecified atom stereocenters. The summed E-state index contributed by atoms with van der Waals surface area (Å²) in [7, 11) is 0. The van der Waals surface area contributed by atoms with Gasteiger partial charge >= 0.3 is 0 Å². The minimum absolute atomic E-state index is 0.00335. The van der Waals surface area contributed by atoms with E-state index in [1.807, 2.05) is 30.3 Å². The van der Waals surface area contributed by atoms with Crippen LogP contribution in [0.25, 0.3) is 21.3 Å². The van der Waals surface area contributed by atoms with E-state index in [-0.39, 0.29) is 11.9 Å². The molecule has 0 bridgehead atoms. The monoisotopic (exact) mass is 281 g/mol. The number of pyridine rings is 1. The number of aromatic nitrogens is 1. The molecule has 6 nitrogen and oxygen atoms in total. The standard InChI is InChI=1S/C15H15N5O/c16-19-18-12-7-9-20(10-8-12)15(21)14-6-5-11-3-1-2-4-13(11)17-14/h1-6,12H,7-10H2. The minimum Gasteiger partial charge on any atom is -0.337 e. The molecule has 1 amide bonds. The second kappa shape index (κ2) is 5.81. The van der Waals surface area contributed by atoms with Crippen LogP contribution in [0.3, 0.4) is 0 Å². The summed E-state index contributed by atoms with van der Waals surface area (Å²) in [6.45, 7) is 1.22. The van der Waals surface area contributed by atoms with Crippen molar-refractivity contribution in [2.45, 2.75) is 18.9 Å². The second-order valence-corrected chi connectivity index (χ2v) is 5.12. The Balaban J connectivity index is 1.76. The van der Waals surface area contributed by atoms with E-state index in [1.54, 1.807) is 11.0 Å². The molecule has 1 aliphatic heterocycles. The van der Waals surface area contributed by atoms with Crippen molar-refractivity contribution in [1.29, 1.82) is 0 Å². The van der Waals surface area contributed by atoms with Gasteiger partial charge < -0.3 is 4.90 Å². The number of benzene rings is 1. The number of likely N-dealkylation sites (tertiary alicyclic amines) is 1. The number of nitrogens with zero attached hydrogens (tertiary/aromatic N) is 5. The zero-order valence-electron chi connectivity index (χ0n) is 11.5. The highest BCUT2D eigenvalue weighted by molar-refractivity contribution is 5.94. The first-order valence-electron chi connectivity index (χ1n) is 6.97. The molecular weight excluding hydrogens is 266 g/mol. The van der Waals surface area contributed by atoms with Crippen molar-refractivity contribution in [3.63, 3.8) is 0 Å². The van der Waals surface area contributed by atoms with Crippen LogP contribution >= 0.6 is 0 Å². The molecule has 0 spiro atoms. The number of fused-ring (bicyclic) bond motifs is 1. The first kappa shape index (κ1) is 13.4. The third-order valence-corrected chi connectivity index (χ3v) is 3.78. The maximum atomic E-state index is 12.5. The molecule has 1 aliphatic rings. The maximum Gasteiger partial charge on any atom is 0.272 e. The van der Waals surface area contributed by atoms with E-state index in [4.69, 9.17) is 5.53 Å². The second-order valence-electron chi connectivity index (χ2n) is 5.12. The Hall–Kier alpha value is -2.59. The van der Waals surface area contributed by atoms with Crippen molar-refractivity contribution >= 4 is 16.8 Å². The fourth-order valence-electron chi connectivity index (χ4n) is 2.60. The van der Waals surface area contributed by atoms with Gasteiger partial charge in [0.2, 0.25) is 0 Å². The van der Waals surface area contributed by atoms with E-state index in [0.29, 0.717) is 31.6 Å². The fraction of sp³-hybridized carbons (Fsp3) is 0.333. The first-order valence-corrected chi connectivity index (χ1v) is 6.97. The quantitative estimate of drug-likeness (QED) is 0.481. The maximum absolute atomic E-state index is 12.5. The van der Waals surface area contributed by atoms with Crippen LogP contribution in [-0.2, 0) is 0 Å². The van der Waals surface area contributed by atoms with Gasteiger partial charge in [-0.3, -0.25) is 4.79 Å². The lowest BCUT2D eigenvalue weighted by Crippen LogP contribution is -2.39. The number of azide groups is 1. The van der Waals surface area contributed by atoms with E-state index < -0.39 is 0 Å². The van der Waals surface area contributed by atoms with Crippen LogP contribution < -0.4 is 0 Å². The number of carbonyl (C=O) groups excluding carboxylic acids is 1. The van der Waals surface area contributed by atoms with Gasteiger partial charge in [0, 0.05) is 29.4 Å². The summed E-state index contributed by atoms with van der Waals surface area (Å²) in [5, 5.41) is 4.74. The third-order valence-electron chi connectivity index (χ3n) is 3.78. The lowest BCUT2D eigenvalue weighted by Gasteiger charge is -2.29. The van der Waals surface area contributed by atoms with Gasteiger partial charge in [-0.15, -0.1) is 0 Å². The van der Waals surface area contributed by atoms with Crippen molar-refractivity contribution in [3.8, 4) is 0 Å². The van der Waals surface area contributed by atoms with Crippen LogP contribution in [0.2, 0.25) is 0 Å². The van der Waals surface area contributed by atoms with Gasteiger partial charge in [0.05, 0.1) is 5.52 Å². The average Bonchev–Trinajstić information content (AvgIpc) is 2.55. The summed E-state index contributed by atoms with van der Waals surface area (Å²) in [5.41, 5.74) is 9.73. The molecule has 2 heterocycles. The zero-order chi connectivity index (χ0) is 14.7. The van der Waals surface area contributed by atoms with E-state index in [9.17, 15) is 4.79 Å². The van der Waals surface area contributed by atoms with Crippen molar-refractivity contribution in [2.24, 2.45) is 5.11 Å². The Labute approximate surface area is 122 Å². The molecule has 21 heavy (non-hydrogen) atoms. The lowest BCUT2D eigenvalue weighted by atomic mass is 10.1. The average molecular weight is 281 g/mol. The number of amides is 1. The highest BCUT2D eigenvalue weighted by Crippen LogP contribution is 2.17. The fourth-order valence-corrected chi connectivity index (χ4v) is 2.60. The van der Waals surface area contributed by atoms with Crippen LogP contribution in [0.4, 0.5) is 0 Å². The summed E-state index contributed by atoms with van der Waals surface area (Å²) in [6.07, 6.45) is 1.42. The van der Waals surface area contributed by atoms with Gasteiger partial charge in [0.15, 0.2) is 0 Å². The predicted octanol–water partition coefficient (Wildman–Crippen LogP) is 3.15. The van der Waals surface area contributed by atoms with Gasteiger partial charge in [-0.05, 0) is 30.5 Å². The molecule has 0 radical (unpaired) electrons. The van der Waals surface area contributed by atoms with Crippen LogP contribution in [0.15, 0.2) is 41.5 Å². The number of carbonyl (C=O) groups is 1. The molecule has 1 saturated heterocycles. The normalized spacial score (nSPS) is 15.7. The molecule has 106 valence electrons. The molecule has 2 aromatic rings. The third kappa shape index (κ3) is 2.80. The van der Waals surface area contributed by atoms with Crippen molar-refractivity contribution in [3.05, 3.63) is 52.5 Å². The van der Waals surface area contributed by atoms with Gasteiger partial charge in [-0.1, -0.05) is 29.4 Å². The van der Waals surface area contributed by atoms with Crippen LogP contribution in [0.5, 0.6) is 0 Å². The Morgan fingerprint density at radius 3 is 2.76 bits per heavy atom. The number of piperidine rings is 1. The molecule has 3 rings (SSSR count). The number of rotatable bonds is 2. The molecule has 1 aromatic carbocycles. The van der Waals surface area contributed by atoms with E-state index in [0.717, 1.165) is 10.9 Å². The highest BCUT2D eigenvalue weighted by Gasteiger charge is 2.23. The molecule has 1 aromatic heterocycles. The Bertz CT molecular complexity index is 715. The topological polar surface area (TPSA) is 82.0 Å². The Morgan fingerprint density at radius 1 is 1.24 bits per heavy atom. The molecule has 6 heteroatoms. The molecular formula is C15H15N5O. The first-order chi connectivity index (χ1) is 10.3. The van der Waals surface area contributed by atoms with Crippen molar-refractivity contribution < 1.29 is 4.79 Å². The summed E-state index contributed by atoms with van der Waals surface area (Å²) in [5.74, 6) is -0.0554. The SMILES string of the molecule is [N-]=[N+]=NC1CCN(C(=O)c2ccc3ccccc3n2)CC1. The van der Waals surface area contributed by atoms with E-state index in [1.165, 1.54) is 0 Å². The van der Waals surface area contributed by atoms with E-state index >= 15 is 0 Å². The minimum atomic E-state index is -0.0554. The van der Waals surface area contributed by atoms with E-state index in [2.05, 4.69) is 15.0 Å². The Morgan fingerprint density at radius 2 is 2.00 bits per heavy atom. The molecule has 0 aliphatic carbocycles. The smallest absolute Gasteiger partial charge is 0.272 e. The zero-order valence-corrected chi connectivity index (χ0v) is 11.5. The number of para-hydroxylation sites is 1. The van der Waals surface area contributed by atoms with Crippen LogP contribution in [0.1, 0.15) is 23.3 Å². The van der Waals surface area contributed by atoms with Crippen LogP contribution in [0, 0.1) is 0 Å². The largest absolute Gasteiger partial charge is 0.337 e. The highest BCUT2D eigenvalue weighted by atomic mass is 16.2. The van der Waals surface area contributed by atoms with Crippen molar-refractivity contribution in [2.75, 3.05) is 13.1 Å². The molecule has 1 fully saturated rings. The summed E-state index contributed by atoms with van der Waals surface area (Å²) >= 11 is 0. The number of hydrogen-bond donors (Lipinski definition) is 0. The predicted molar refractivity (Wildman–Crippen MR) is 79.8 cm³/mol. The molecule has 0 N–H and O–H groups in total.